The molecule has 0 aliphatic carbocycles. The Morgan fingerprint density at radius 3 is 2.81 bits per heavy atom. The van der Waals surface area contributed by atoms with E-state index in [0.29, 0.717) is 23.3 Å². The van der Waals surface area contributed by atoms with Gasteiger partial charge in [-0.1, -0.05) is 0 Å². The molecule has 0 aromatic carbocycles. The van der Waals surface area contributed by atoms with Crippen molar-refractivity contribution in [3.8, 4) is 0 Å². The lowest BCUT2D eigenvalue weighted by Crippen LogP contribution is -2.10. The van der Waals surface area contributed by atoms with Gasteiger partial charge in [0.05, 0.1) is 6.20 Å². The first-order valence-electron chi connectivity index (χ1n) is 4.67. The maximum atomic E-state index is 10.9. The third-order valence-corrected chi connectivity index (χ3v) is 2.25. The van der Waals surface area contributed by atoms with Crippen molar-refractivity contribution in [1.82, 2.24) is 24.3 Å². The van der Waals surface area contributed by atoms with E-state index in [1.54, 1.807) is 15.5 Å². The van der Waals surface area contributed by atoms with Crippen LogP contribution in [0, 0.1) is 0 Å². The number of aromatic nitrogens is 5. The van der Waals surface area contributed by atoms with Gasteiger partial charge in [0.15, 0.2) is 17.8 Å². The summed E-state index contributed by atoms with van der Waals surface area (Å²) in [6.45, 7) is 0. The number of fused-ring (bicyclic) bond motifs is 1. The summed E-state index contributed by atoms with van der Waals surface area (Å²) in [6, 6.07) is 3.73. The zero-order valence-electron chi connectivity index (χ0n) is 8.19. The fraction of sp³-hybridized carbons (Fsp3) is 0. The van der Waals surface area contributed by atoms with E-state index in [2.05, 4.69) is 15.0 Å². The maximum Gasteiger partial charge on any atom is 0.195 e. The van der Waals surface area contributed by atoms with Crippen LogP contribution >= 0.6 is 0 Å². The highest BCUT2D eigenvalue weighted by molar-refractivity contribution is 5.79. The second kappa shape index (κ2) is 3.27. The number of hydrogen-bond donors (Lipinski definition) is 0. The first kappa shape index (κ1) is 8.78. The van der Waals surface area contributed by atoms with Gasteiger partial charge in [0.1, 0.15) is 11.8 Å². The molecule has 3 rings (SSSR count). The molecule has 0 amide bonds. The topological polar surface area (TPSA) is 65.6 Å². The normalized spacial score (nSPS) is 10.8. The number of carbonyl (C=O) groups excluding carboxylic acids is 1. The van der Waals surface area contributed by atoms with E-state index >= 15 is 0 Å². The Balaban J connectivity index is 2.40. The predicted octanol–water partition coefficient (Wildman–Crippen LogP) is 0.752. The highest BCUT2D eigenvalue weighted by atomic mass is 16.1. The van der Waals surface area contributed by atoms with Gasteiger partial charge in [-0.2, -0.15) is 0 Å². The van der Waals surface area contributed by atoms with E-state index in [4.69, 9.17) is 0 Å². The van der Waals surface area contributed by atoms with Crippen molar-refractivity contribution in [3.05, 3.63) is 42.9 Å². The lowest BCUT2D eigenvalue weighted by atomic mass is 10.6. The molecule has 0 saturated carbocycles. The Kier molecular flexibility index (Phi) is 1.79. The van der Waals surface area contributed by atoms with E-state index in [1.165, 1.54) is 6.33 Å². The lowest BCUT2D eigenvalue weighted by Gasteiger charge is -2.05. The van der Waals surface area contributed by atoms with Crippen LogP contribution in [0.3, 0.4) is 0 Å². The van der Waals surface area contributed by atoms with Crippen molar-refractivity contribution in [3.63, 3.8) is 0 Å². The summed E-state index contributed by atoms with van der Waals surface area (Å²) < 4.78 is 3.37. The highest BCUT2D eigenvalue weighted by Gasteiger charge is 2.11. The number of hydrogen-bond acceptors (Lipinski definition) is 4. The molecule has 3 aromatic rings. The molecule has 0 N–H and O–H groups in total. The molecule has 0 atom stereocenters. The first-order chi connectivity index (χ1) is 7.90. The Bertz CT molecular complexity index is 640. The van der Waals surface area contributed by atoms with Crippen molar-refractivity contribution in [1.29, 1.82) is 0 Å². The van der Waals surface area contributed by atoms with Crippen LogP contribution < -0.4 is 0 Å². The zero-order valence-corrected chi connectivity index (χ0v) is 8.19. The minimum atomic E-state index is 0.298. The van der Waals surface area contributed by atoms with Crippen LogP contribution in [-0.4, -0.2) is 30.6 Å². The molecular formula is C10H7N5O. The maximum absolute atomic E-state index is 10.9. The molecule has 0 unspecified atom stereocenters. The molecule has 3 heterocycles. The van der Waals surface area contributed by atoms with Crippen LogP contribution in [0.15, 0.2) is 37.1 Å². The average Bonchev–Trinajstić information content (AvgIpc) is 2.94. The Labute approximate surface area is 90.2 Å². The van der Waals surface area contributed by atoms with Gasteiger partial charge < -0.3 is 0 Å². The van der Waals surface area contributed by atoms with E-state index in [-0.39, 0.29) is 0 Å². The number of carbonyl (C=O) groups is 1. The van der Waals surface area contributed by atoms with Crippen LogP contribution in [0.5, 0.6) is 0 Å². The molecule has 6 nitrogen and oxygen atoms in total. The number of imidazole rings is 1. The van der Waals surface area contributed by atoms with Crippen LogP contribution in [-0.2, 0) is 0 Å². The largest absolute Gasteiger partial charge is 0.294 e. The lowest BCUT2D eigenvalue weighted by molar-refractivity contribution is 0.111. The van der Waals surface area contributed by atoms with Gasteiger partial charge in [0.25, 0.3) is 0 Å². The Morgan fingerprint density at radius 1 is 1.25 bits per heavy atom. The molecule has 3 aromatic heterocycles. The van der Waals surface area contributed by atoms with E-state index < -0.39 is 0 Å². The summed E-state index contributed by atoms with van der Waals surface area (Å²) in [4.78, 5) is 23.1. The summed E-state index contributed by atoms with van der Waals surface area (Å²) in [6.07, 6.45) is 7.34. The summed E-state index contributed by atoms with van der Waals surface area (Å²) in [5, 5.41) is 0. The van der Waals surface area contributed by atoms with Crippen molar-refractivity contribution >= 4 is 17.5 Å². The van der Waals surface area contributed by atoms with Crippen LogP contribution in [0.1, 0.15) is 10.6 Å². The Hall–Kier alpha value is -2.50. The number of aldehydes is 1. The second-order valence-corrected chi connectivity index (χ2v) is 3.19. The van der Waals surface area contributed by atoms with Gasteiger partial charge in [-0.05, 0) is 12.1 Å². The first-order valence-corrected chi connectivity index (χ1v) is 4.67. The predicted molar refractivity (Wildman–Crippen MR) is 55.9 cm³/mol. The minimum Gasteiger partial charge on any atom is -0.294 e. The Morgan fingerprint density at radius 2 is 2.06 bits per heavy atom. The van der Waals surface area contributed by atoms with Gasteiger partial charge in [-0.25, -0.2) is 19.6 Å². The molecule has 0 radical (unpaired) electrons. The van der Waals surface area contributed by atoms with E-state index in [1.807, 2.05) is 24.5 Å². The zero-order chi connectivity index (χ0) is 11.0. The number of nitrogens with zero attached hydrogens (tertiary/aromatic N) is 5. The third-order valence-electron chi connectivity index (χ3n) is 2.25. The van der Waals surface area contributed by atoms with Crippen LogP contribution in [0.25, 0.3) is 11.2 Å². The monoisotopic (exact) mass is 213 g/mol. The summed E-state index contributed by atoms with van der Waals surface area (Å²) in [5.74, 6) is 0.298. The molecule has 78 valence electrons. The van der Waals surface area contributed by atoms with Crippen molar-refractivity contribution in [2.75, 3.05) is 0 Å². The standard InChI is InChI=1S/C10H7N5O/c16-6-9-13-8-5-11-7-12-10(8)15(9)14-3-1-2-4-14/h1-7H. The molecule has 0 fully saturated rings. The molecule has 0 saturated heterocycles. The fourth-order valence-corrected chi connectivity index (χ4v) is 1.60. The van der Waals surface area contributed by atoms with Crippen molar-refractivity contribution in [2.45, 2.75) is 0 Å². The molecule has 16 heavy (non-hydrogen) atoms. The van der Waals surface area contributed by atoms with E-state index in [0.717, 1.165) is 0 Å². The fourth-order valence-electron chi connectivity index (χ4n) is 1.60. The molecular weight excluding hydrogens is 206 g/mol. The van der Waals surface area contributed by atoms with Crippen molar-refractivity contribution in [2.24, 2.45) is 0 Å². The highest BCUT2D eigenvalue weighted by Crippen LogP contribution is 2.11. The van der Waals surface area contributed by atoms with Crippen molar-refractivity contribution < 1.29 is 4.79 Å². The quantitative estimate of drug-likeness (QED) is 0.589. The summed E-state index contributed by atoms with van der Waals surface area (Å²) >= 11 is 0. The van der Waals surface area contributed by atoms with Gasteiger partial charge >= 0.3 is 0 Å². The smallest absolute Gasteiger partial charge is 0.195 e. The molecule has 0 spiro atoms. The number of rotatable bonds is 2. The SMILES string of the molecule is O=Cc1nc2cncnc2n1-n1cccc1. The molecule has 0 aliphatic heterocycles. The van der Waals surface area contributed by atoms with Gasteiger partial charge in [-0.3, -0.25) is 9.47 Å². The summed E-state index contributed by atoms with van der Waals surface area (Å²) in [7, 11) is 0. The van der Waals surface area contributed by atoms with Crippen LogP contribution in [0.2, 0.25) is 0 Å². The van der Waals surface area contributed by atoms with Crippen LogP contribution in [0.4, 0.5) is 0 Å². The average molecular weight is 213 g/mol. The van der Waals surface area contributed by atoms with Gasteiger partial charge in [-0.15, -0.1) is 0 Å². The molecule has 0 aliphatic rings. The molecule has 6 heteroatoms. The van der Waals surface area contributed by atoms with E-state index in [9.17, 15) is 4.79 Å². The summed E-state index contributed by atoms with van der Waals surface area (Å²) in [5.41, 5.74) is 1.20. The molecule has 0 bridgehead atoms. The second-order valence-electron chi connectivity index (χ2n) is 3.19. The van der Waals surface area contributed by atoms with Gasteiger partial charge in [0.2, 0.25) is 0 Å². The minimum absolute atomic E-state index is 0.298. The third kappa shape index (κ3) is 1.13. The van der Waals surface area contributed by atoms with Gasteiger partial charge in [0, 0.05) is 12.4 Å².